The van der Waals surface area contributed by atoms with Gasteiger partial charge in [0.2, 0.25) is 0 Å². The van der Waals surface area contributed by atoms with Crippen LogP contribution in [-0.2, 0) is 4.74 Å². The normalized spacial score (nSPS) is 33.2. The van der Waals surface area contributed by atoms with E-state index in [4.69, 9.17) is 10.5 Å². The fourth-order valence-electron chi connectivity index (χ4n) is 2.35. The van der Waals surface area contributed by atoms with Crippen LogP contribution in [0.2, 0.25) is 0 Å². The number of nitrogens with two attached hydrogens (primary N) is 1. The van der Waals surface area contributed by atoms with E-state index in [2.05, 4.69) is 23.7 Å². The number of rotatable bonds is 3. The highest BCUT2D eigenvalue weighted by Gasteiger charge is 2.36. The summed E-state index contributed by atoms with van der Waals surface area (Å²) in [5.74, 6) is 1.51. The molecular weight excluding hydrogens is 329 g/mol. The standard InChI is InChI=1S/C12H23N3O.HI/c1-3-4-10-7-11(10)14-12(13)15-5-6-16-9(2)8-15;/h9-11H,3-8H2,1-2H3,(H2,13,14);1H. The van der Waals surface area contributed by atoms with Gasteiger partial charge in [-0.25, -0.2) is 4.99 Å². The van der Waals surface area contributed by atoms with Crippen LogP contribution in [0.1, 0.15) is 33.1 Å². The number of hydrogen-bond donors (Lipinski definition) is 1. The number of ether oxygens (including phenoxy) is 1. The smallest absolute Gasteiger partial charge is 0.191 e. The highest BCUT2D eigenvalue weighted by atomic mass is 127. The Morgan fingerprint density at radius 1 is 1.53 bits per heavy atom. The zero-order chi connectivity index (χ0) is 11.5. The lowest BCUT2D eigenvalue weighted by molar-refractivity contribution is 0.00527. The van der Waals surface area contributed by atoms with Crippen LogP contribution in [-0.4, -0.2) is 42.7 Å². The Balaban J connectivity index is 0.00000144. The van der Waals surface area contributed by atoms with Crippen molar-refractivity contribution in [1.29, 1.82) is 0 Å². The van der Waals surface area contributed by atoms with Crippen molar-refractivity contribution in [2.45, 2.75) is 45.3 Å². The van der Waals surface area contributed by atoms with E-state index in [1.165, 1.54) is 19.3 Å². The number of halogens is 1. The quantitative estimate of drug-likeness (QED) is 0.479. The van der Waals surface area contributed by atoms with E-state index in [9.17, 15) is 0 Å². The average Bonchev–Trinajstić information content (AvgIpc) is 2.97. The first-order valence-electron chi connectivity index (χ1n) is 6.40. The van der Waals surface area contributed by atoms with Crippen LogP contribution in [0.5, 0.6) is 0 Å². The fourth-order valence-corrected chi connectivity index (χ4v) is 2.35. The van der Waals surface area contributed by atoms with Crippen molar-refractivity contribution >= 4 is 29.9 Å². The van der Waals surface area contributed by atoms with Crippen LogP contribution in [0, 0.1) is 5.92 Å². The molecule has 0 amide bonds. The predicted molar refractivity (Wildman–Crippen MR) is 80.8 cm³/mol. The maximum Gasteiger partial charge on any atom is 0.191 e. The third-order valence-corrected chi connectivity index (χ3v) is 3.41. The molecule has 0 spiro atoms. The molecule has 2 rings (SSSR count). The molecule has 17 heavy (non-hydrogen) atoms. The highest BCUT2D eigenvalue weighted by molar-refractivity contribution is 14.0. The van der Waals surface area contributed by atoms with Crippen LogP contribution in [0.3, 0.4) is 0 Å². The second-order valence-electron chi connectivity index (χ2n) is 4.97. The van der Waals surface area contributed by atoms with Gasteiger partial charge in [0, 0.05) is 13.1 Å². The number of aliphatic imine (C=N–C) groups is 1. The fraction of sp³-hybridized carbons (Fsp3) is 0.917. The van der Waals surface area contributed by atoms with Crippen molar-refractivity contribution in [2.24, 2.45) is 16.6 Å². The molecule has 1 saturated heterocycles. The topological polar surface area (TPSA) is 50.8 Å². The third kappa shape index (κ3) is 4.28. The van der Waals surface area contributed by atoms with Gasteiger partial charge in [0.1, 0.15) is 0 Å². The number of morpholine rings is 1. The molecule has 1 aliphatic carbocycles. The maximum absolute atomic E-state index is 6.03. The summed E-state index contributed by atoms with van der Waals surface area (Å²) in [7, 11) is 0. The molecule has 2 N–H and O–H groups in total. The summed E-state index contributed by atoms with van der Waals surface area (Å²) in [6.45, 7) is 6.83. The zero-order valence-corrected chi connectivity index (χ0v) is 13.1. The van der Waals surface area contributed by atoms with Crippen molar-refractivity contribution in [3.8, 4) is 0 Å². The second-order valence-corrected chi connectivity index (χ2v) is 4.97. The lowest BCUT2D eigenvalue weighted by Crippen LogP contribution is -2.48. The minimum absolute atomic E-state index is 0. The lowest BCUT2D eigenvalue weighted by Gasteiger charge is -2.31. The van der Waals surface area contributed by atoms with Crippen LogP contribution in [0.4, 0.5) is 0 Å². The second kappa shape index (κ2) is 6.78. The van der Waals surface area contributed by atoms with Gasteiger partial charge in [-0.3, -0.25) is 0 Å². The Hall–Kier alpha value is -0.0400. The molecule has 4 nitrogen and oxygen atoms in total. The molecule has 2 aliphatic rings. The van der Waals surface area contributed by atoms with Crippen molar-refractivity contribution in [2.75, 3.05) is 19.7 Å². The van der Waals surface area contributed by atoms with E-state index in [-0.39, 0.29) is 30.1 Å². The van der Waals surface area contributed by atoms with Crippen LogP contribution in [0.25, 0.3) is 0 Å². The number of guanidine groups is 1. The van der Waals surface area contributed by atoms with Crippen LogP contribution < -0.4 is 5.73 Å². The largest absolute Gasteiger partial charge is 0.375 e. The highest BCUT2D eigenvalue weighted by Crippen LogP contribution is 2.37. The molecule has 0 aromatic carbocycles. The van der Waals surface area contributed by atoms with Gasteiger partial charge in [-0.15, -0.1) is 24.0 Å². The van der Waals surface area contributed by atoms with Crippen molar-refractivity contribution in [3.63, 3.8) is 0 Å². The van der Waals surface area contributed by atoms with E-state index < -0.39 is 0 Å². The first-order valence-corrected chi connectivity index (χ1v) is 6.40. The Bertz CT molecular complexity index is 272. The summed E-state index contributed by atoms with van der Waals surface area (Å²) in [6.07, 6.45) is 4.05. The molecular formula is C12H24IN3O. The predicted octanol–water partition coefficient (Wildman–Crippen LogP) is 1.83. The molecule has 5 heteroatoms. The first kappa shape index (κ1) is 15.0. The zero-order valence-electron chi connectivity index (χ0n) is 10.8. The Morgan fingerprint density at radius 3 is 2.94 bits per heavy atom. The van der Waals surface area contributed by atoms with Gasteiger partial charge in [0.15, 0.2) is 5.96 Å². The number of nitrogens with zero attached hydrogens (tertiary/aromatic N) is 2. The van der Waals surface area contributed by atoms with E-state index in [0.717, 1.165) is 31.6 Å². The molecule has 1 heterocycles. The SMILES string of the molecule is CCCC1CC1N=C(N)N1CCOC(C)C1.I. The van der Waals surface area contributed by atoms with Crippen molar-refractivity contribution in [3.05, 3.63) is 0 Å². The molecule has 2 fully saturated rings. The van der Waals surface area contributed by atoms with Crippen LogP contribution in [0.15, 0.2) is 4.99 Å². The Morgan fingerprint density at radius 2 is 2.29 bits per heavy atom. The maximum atomic E-state index is 6.03. The van der Waals surface area contributed by atoms with Gasteiger partial charge in [-0.1, -0.05) is 13.3 Å². The summed E-state index contributed by atoms with van der Waals surface area (Å²) in [5.41, 5.74) is 6.03. The molecule has 3 atom stereocenters. The third-order valence-electron chi connectivity index (χ3n) is 3.41. The van der Waals surface area contributed by atoms with Gasteiger partial charge in [0.05, 0.1) is 18.8 Å². The summed E-state index contributed by atoms with van der Waals surface area (Å²) < 4.78 is 5.49. The van der Waals surface area contributed by atoms with Gasteiger partial charge < -0.3 is 15.4 Å². The number of hydrogen-bond acceptors (Lipinski definition) is 2. The van der Waals surface area contributed by atoms with Gasteiger partial charge in [-0.05, 0) is 25.7 Å². The van der Waals surface area contributed by atoms with E-state index in [1.807, 2.05) is 0 Å². The minimum Gasteiger partial charge on any atom is -0.375 e. The monoisotopic (exact) mass is 353 g/mol. The minimum atomic E-state index is 0. The molecule has 0 radical (unpaired) electrons. The van der Waals surface area contributed by atoms with Gasteiger partial charge in [0.25, 0.3) is 0 Å². The molecule has 100 valence electrons. The molecule has 0 aromatic heterocycles. The molecule has 1 saturated carbocycles. The summed E-state index contributed by atoms with van der Waals surface area (Å²) in [5, 5.41) is 0. The van der Waals surface area contributed by atoms with Crippen molar-refractivity contribution in [1.82, 2.24) is 4.90 Å². The lowest BCUT2D eigenvalue weighted by atomic mass is 10.2. The Labute approximate surface area is 121 Å². The molecule has 3 unspecified atom stereocenters. The average molecular weight is 353 g/mol. The molecule has 0 aromatic rings. The molecule has 1 aliphatic heterocycles. The van der Waals surface area contributed by atoms with Crippen molar-refractivity contribution < 1.29 is 4.74 Å². The molecule has 0 bridgehead atoms. The van der Waals surface area contributed by atoms with E-state index >= 15 is 0 Å². The summed E-state index contributed by atoms with van der Waals surface area (Å²) in [4.78, 5) is 6.76. The Kier molecular flexibility index (Phi) is 5.99. The summed E-state index contributed by atoms with van der Waals surface area (Å²) in [6, 6.07) is 0.498. The summed E-state index contributed by atoms with van der Waals surface area (Å²) >= 11 is 0. The van der Waals surface area contributed by atoms with E-state index in [1.54, 1.807) is 0 Å². The van der Waals surface area contributed by atoms with E-state index in [0.29, 0.717) is 6.04 Å². The van der Waals surface area contributed by atoms with Gasteiger partial charge in [-0.2, -0.15) is 0 Å². The first-order chi connectivity index (χ1) is 7.70. The van der Waals surface area contributed by atoms with Gasteiger partial charge >= 0.3 is 0 Å². The van der Waals surface area contributed by atoms with Crippen LogP contribution >= 0.6 is 24.0 Å².